The predicted molar refractivity (Wildman–Crippen MR) is 65.1 cm³/mol. The number of rotatable bonds is 4. The van der Waals surface area contributed by atoms with E-state index in [9.17, 15) is 0 Å². The Bertz CT molecular complexity index is 174. The van der Waals surface area contributed by atoms with Gasteiger partial charge in [-0.2, -0.15) is 0 Å². The van der Waals surface area contributed by atoms with E-state index in [1.165, 1.54) is 25.8 Å². The molecule has 0 aromatic heterocycles. The van der Waals surface area contributed by atoms with Crippen molar-refractivity contribution in [2.45, 2.75) is 65.0 Å². The molecular formula is C13H27NO. The summed E-state index contributed by atoms with van der Waals surface area (Å²) < 4.78 is 5.76. The van der Waals surface area contributed by atoms with Crippen LogP contribution in [0.1, 0.15) is 53.4 Å². The fourth-order valence-electron chi connectivity index (χ4n) is 2.19. The van der Waals surface area contributed by atoms with Crippen molar-refractivity contribution in [3.05, 3.63) is 0 Å². The zero-order chi connectivity index (χ0) is 11.3. The summed E-state index contributed by atoms with van der Waals surface area (Å²) in [4.78, 5) is 0. The monoisotopic (exact) mass is 213 g/mol. The third kappa shape index (κ3) is 5.53. The first-order valence-corrected chi connectivity index (χ1v) is 6.38. The highest BCUT2D eigenvalue weighted by Crippen LogP contribution is 2.21. The third-order valence-electron chi connectivity index (χ3n) is 3.18. The van der Waals surface area contributed by atoms with Gasteiger partial charge in [0.1, 0.15) is 0 Å². The molecule has 90 valence electrons. The molecule has 1 N–H and O–H groups in total. The second-order valence-corrected chi connectivity index (χ2v) is 5.70. The van der Waals surface area contributed by atoms with Crippen LogP contribution in [0.3, 0.4) is 0 Å². The Morgan fingerprint density at radius 1 is 1.33 bits per heavy atom. The van der Waals surface area contributed by atoms with Gasteiger partial charge in [0.2, 0.25) is 0 Å². The number of ether oxygens (including phenoxy) is 1. The van der Waals surface area contributed by atoms with E-state index in [0.29, 0.717) is 6.04 Å². The molecule has 0 bridgehead atoms. The largest absolute Gasteiger partial charge is 0.376 e. The van der Waals surface area contributed by atoms with Crippen molar-refractivity contribution in [3.8, 4) is 0 Å². The topological polar surface area (TPSA) is 21.3 Å². The first-order valence-electron chi connectivity index (χ1n) is 6.38. The quantitative estimate of drug-likeness (QED) is 0.775. The normalized spacial score (nSPS) is 28.0. The van der Waals surface area contributed by atoms with Gasteiger partial charge in [-0.05, 0) is 52.5 Å². The van der Waals surface area contributed by atoms with Gasteiger partial charge in [-0.1, -0.05) is 13.3 Å². The van der Waals surface area contributed by atoms with Crippen LogP contribution >= 0.6 is 0 Å². The maximum absolute atomic E-state index is 5.76. The summed E-state index contributed by atoms with van der Waals surface area (Å²) in [6.45, 7) is 10.7. The van der Waals surface area contributed by atoms with E-state index < -0.39 is 0 Å². The molecule has 1 fully saturated rings. The summed E-state index contributed by atoms with van der Waals surface area (Å²) in [7, 11) is 0. The Morgan fingerprint density at radius 3 is 2.67 bits per heavy atom. The molecule has 0 aliphatic carbocycles. The average Bonchev–Trinajstić information content (AvgIpc) is 2.16. The van der Waals surface area contributed by atoms with Gasteiger partial charge < -0.3 is 10.1 Å². The van der Waals surface area contributed by atoms with E-state index in [4.69, 9.17) is 4.74 Å². The Hall–Kier alpha value is -0.0800. The number of hydrogen-bond acceptors (Lipinski definition) is 2. The molecule has 15 heavy (non-hydrogen) atoms. The minimum absolute atomic E-state index is 0.0127. The van der Waals surface area contributed by atoms with Crippen LogP contribution in [0.4, 0.5) is 0 Å². The first kappa shape index (κ1) is 13.0. The molecule has 1 aliphatic heterocycles. The van der Waals surface area contributed by atoms with E-state index in [1.807, 2.05) is 0 Å². The van der Waals surface area contributed by atoms with Gasteiger partial charge in [0.25, 0.3) is 0 Å². The molecule has 0 amide bonds. The van der Waals surface area contributed by atoms with Gasteiger partial charge in [0.05, 0.1) is 5.60 Å². The molecule has 2 unspecified atom stereocenters. The molecular weight excluding hydrogens is 186 g/mol. The van der Waals surface area contributed by atoms with Crippen molar-refractivity contribution in [3.63, 3.8) is 0 Å². The fourth-order valence-corrected chi connectivity index (χ4v) is 2.19. The standard InChI is InChI=1S/C13H27NO/c1-5-11-6-8-14-12(10-11)7-9-15-13(2,3)4/h11-12,14H,5-10H2,1-4H3. The molecule has 1 heterocycles. The lowest BCUT2D eigenvalue weighted by Gasteiger charge is -2.30. The molecule has 2 heteroatoms. The maximum atomic E-state index is 5.76. The summed E-state index contributed by atoms with van der Waals surface area (Å²) in [5, 5.41) is 3.59. The number of nitrogens with one attached hydrogen (secondary N) is 1. The fraction of sp³-hybridized carbons (Fsp3) is 1.00. The van der Waals surface area contributed by atoms with Crippen LogP contribution in [0.5, 0.6) is 0 Å². The molecule has 1 aliphatic rings. The van der Waals surface area contributed by atoms with Crippen molar-refractivity contribution >= 4 is 0 Å². The van der Waals surface area contributed by atoms with Crippen LogP contribution in [0.25, 0.3) is 0 Å². The lowest BCUT2D eigenvalue weighted by molar-refractivity contribution is -0.00883. The van der Waals surface area contributed by atoms with Gasteiger partial charge in [-0.15, -0.1) is 0 Å². The molecule has 0 saturated carbocycles. The van der Waals surface area contributed by atoms with Crippen LogP contribution in [0.2, 0.25) is 0 Å². The van der Waals surface area contributed by atoms with Crippen LogP contribution in [-0.2, 0) is 4.74 Å². The van der Waals surface area contributed by atoms with Crippen molar-refractivity contribution in [2.75, 3.05) is 13.2 Å². The summed E-state index contributed by atoms with van der Waals surface area (Å²) >= 11 is 0. The molecule has 1 rings (SSSR count). The Labute approximate surface area is 94.8 Å². The lowest BCUT2D eigenvalue weighted by Crippen LogP contribution is -2.39. The van der Waals surface area contributed by atoms with E-state index in [1.54, 1.807) is 0 Å². The van der Waals surface area contributed by atoms with Crippen molar-refractivity contribution in [2.24, 2.45) is 5.92 Å². The highest BCUT2D eigenvalue weighted by Gasteiger charge is 2.20. The zero-order valence-corrected chi connectivity index (χ0v) is 10.8. The van der Waals surface area contributed by atoms with Gasteiger partial charge in [-0.3, -0.25) is 0 Å². The molecule has 0 aromatic rings. The Morgan fingerprint density at radius 2 is 2.07 bits per heavy atom. The van der Waals surface area contributed by atoms with E-state index in [-0.39, 0.29) is 5.60 Å². The molecule has 0 radical (unpaired) electrons. The second-order valence-electron chi connectivity index (χ2n) is 5.70. The third-order valence-corrected chi connectivity index (χ3v) is 3.18. The zero-order valence-electron chi connectivity index (χ0n) is 10.8. The van der Waals surface area contributed by atoms with Crippen molar-refractivity contribution in [1.82, 2.24) is 5.32 Å². The Kier molecular flexibility index (Phi) is 5.07. The summed E-state index contributed by atoms with van der Waals surface area (Å²) in [5.74, 6) is 0.936. The maximum Gasteiger partial charge on any atom is 0.0598 e. The van der Waals surface area contributed by atoms with Crippen LogP contribution in [0.15, 0.2) is 0 Å². The predicted octanol–water partition coefficient (Wildman–Crippen LogP) is 2.97. The minimum atomic E-state index is 0.0127. The summed E-state index contributed by atoms with van der Waals surface area (Å²) in [6, 6.07) is 0.686. The van der Waals surface area contributed by atoms with E-state index in [2.05, 4.69) is 33.0 Å². The van der Waals surface area contributed by atoms with Gasteiger partial charge in [0, 0.05) is 12.6 Å². The average molecular weight is 213 g/mol. The molecule has 0 aromatic carbocycles. The number of hydrogen-bond donors (Lipinski definition) is 1. The van der Waals surface area contributed by atoms with E-state index >= 15 is 0 Å². The lowest BCUT2D eigenvalue weighted by atomic mass is 9.89. The van der Waals surface area contributed by atoms with Gasteiger partial charge in [0.15, 0.2) is 0 Å². The van der Waals surface area contributed by atoms with Crippen LogP contribution in [-0.4, -0.2) is 24.8 Å². The van der Waals surface area contributed by atoms with Crippen LogP contribution in [0, 0.1) is 5.92 Å². The van der Waals surface area contributed by atoms with Crippen molar-refractivity contribution < 1.29 is 4.74 Å². The SMILES string of the molecule is CCC1CCNC(CCOC(C)(C)C)C1. The number of piperidine rings is 1. The molecule has 2 atom stereocenters. The summed E-state index contributed by atoms with van der Waals surface area (Å²) in [5.41, 5.74) is 0.0127. The van der Waals surface area contributed by atoms with Crippen molar-refractivity contribution in [1.29, 1.82) is 0 Å². The highest BCUT2D eigenvalue weighted by molar-refractivity contribution is 4.77. The Balaban J connectivity index is 2.15. The van der Waals surface area contributed by atoms with Gasteiger partial charge >= 0.3 is 0 Å². The van der Waals surface area contributed by atoms with E-state index in [0.717, 1.165) is 18.9 Å². The summed E-state index contributed by atoms with van der Waals surface area (Å²) in [6.07, 6.45) is 5.18. The van der Waals surface area contributed by atoms with Gasteiger partial charge in [-0.25, -0.2) is 0 Å². The smallest absolute Gasteiger partial charge is 0.0598 e. The van der Waals surface area contributed by atoms with Crippen LogP contribution < -0.4 is 5.32 Å². The highest BCUT2D eigenvalue weighted by atomic mass is 16.5. The molecule has 1 saturated heterocycles. The second kappa shape index (κ2) is 5.86. The molecule has 0 spiro atoms. The molecule has 2 nitrogen and oxygen atoms in total. The first-order chi connectivity index (χ1) is 7.01. The minimum Gasteiger partial charge on any atom is -0.376 e.